The summed E-state index contributed by atoms with van der Waals surface area (Å²) in [7, 11) is 0. The Morgan fingerprint density at radius 2 is 2.13 bits per heavy atom. The van der Waals surface area contributed by atoms with Crippen LogP contribution in [0.3, 0.4) is 0 Å². The van der Waals surface area contributed by atoms with Crippen molar-refractivity contribution in [1.82, 2.24) is 34.6 Å². The summed E-state index contributed by atoms with van der Waals surface area (Å²) >= 11 is 1.53. The molecule has 10 heteroatoms. The van der Waals surface area contributed by atoms with Crippen molar-refractivity contribution in [3.05, 3.63) is 70.8 Å². The van der Waals surface area contributed by atoms with E-state index in [1.165, 1.54) is 11.3 Å². The predicted octanol–water partition coefficient (Wildman–Crippen LogP) is 3.06. The summed E-state index contributed by atoms with van der Waals surface area (Å²) in [6.45, 7) is 2.26. The third-order valence-corrected chi connectivity index (χ3v) is 5.71. The van der Waals surface area contributed by atoms with Gasteiger partial charge in [-0.15, -0.1) is 11.3 Å². The minimum atomic E-state index is -0.402. The molecule has 5 rings (SSSR count). The largest absolute Gasteiger partial charge is 0.382 e. The molecule has 0 aliphatic rings. The number of imidazole rings is 1. The minimum Gasteiger partial charge on any atom is -0.382 e. The van der Waals surface area contributed by atoms with Crippen LogP contribution in [0.15, 0.2) is 54.6 Å². The van der Waals surface area contributed by atoms with Gasteiger partial charge >= 0.3 is 0 Å². The number of nitrogen functional groups attached to an aromatic ring is 1. The molecule has 5 aromatic rings. The first kappa shape index (κ1) is 18.9. The van der Waals surface area contributed by atoms with Crippen molar-refractivity contribution in [2.75, 3.05) is 5.73 Å². The summed E-state index contributed by atoms with van der Waals surface area (Å²) in [4.78, 5) is 34.8. The number of thiazole rings is 1. The lowest BCUT2D eigenvalue weighted by atomic mass is 10.1. The zero-order chi connectivity index (χ0) is 21.4. The number of fused-ring (bicyclic) bond motifs is 1. The molecule has 5 heterocycles. The third-order valence-electron chi connectivity index (χ3n) is 4.91. The highest BCUT2D eigenvalue weighted by Crippen LogP contribution is 2.30. The maximum Gasteiger partial charge on any atom is 0.274 e. The molecule has 0 unspecified atom stereocenters. The number of aromatic amines is 1. The van der Waals surface area contributed by atoms with Gasteiger partial charge in [-0.3, -0.25) is 4.79 Å². The van der Waals surface area contributed by atoms with Gasteiger partial charge in [0.05, 0.1) is 23.4 Å². The highest BCUT2D eigenvalue weighted by molar-refractivity contribution is 7.09. The summed E-state index contributed by atoms with van der Waals surface area (Å²) in [6, 6.07) is 7.53. The average Bonchev–Trinajstić information content (AvgIpc) is 3.53. The van der Waals surface area contributed by atoms with Crippen LogP contribution in [-0.4, -0.2) is 35.2 Å². The molecule has 0 radical (unpaired) electrons. The van der Waals surface area contributed by atoms with E-state index in [0.29, 0.717) is 17.9 Å². The van der Waals surface area contributed by atoms with Crippen molar-refractivity contribution in [3.63, 3.8) is 0 Å². The fourth-order valence-electron chi connectivity index (χ4n) is 3.29. The molecule has 0 bridgehead atoms. The van der Waals surface area contributed by atoms with Gasteiger partial charge in [0, 0.05) is 35.2 Å². The number of nitrogens with zero attached hydrogens (tertiary/aromatic N) is 5. The zero-order valence-electron chi connectivity index (χ0n) is 16.5. The highest BCUT2D eigenvalue weighted by atomic mass is 32.1. The molecule has 0 spiro atoms. The van der Waals surface area contributed by atoms with Crippen LogP contribution in [0.4, 0.5) is 5.82 Å². The number of carbonyl (C=O) groups excluding carboxylic acids is 1. The first-order valence-electron chi connectivity index (χ1n) is 9.51. The molecule has 0 fully saturated rings. The lowest BCUT2D eigenvalue weighted by Crippen LogP contribution is -2.26. The van der Waals surface area contributed by atoms with E-state index in [2.05, 4.69) is 30.2 Å². The molecule has 0 saturated carbocycles. The molecule has 1 amide bonds. The summed E-state index contributed by atoms with van der Waals surface area (Å²) in [6.07, 6.45) is 7.27. The van der Waals surface area contributed by atoms with E-state index in [0.717, 1.165) is 27.5 Å². The minimum absolute atomic E-state index is 0.0598. The van der Waals surface area contributed by atoms with Crippen molar-refractivity contribution in [3.8, 4) is 22.6 Å². The van der Waals surface area contributed by atoms with Crippen molar-refractivity contribution < 1.29 is 4.79 Å². The Hall–Kier alpha value is -4.05. The van der Waals surface area contributed by atoms with Crippen LogP contribution in [0.2, 0.25) is 0 Å². The second kappa shape index (κ2) is 7.65. The van der Waals surface area contributed by atoms with Gasteiger partial charge in [0.2, 0.25) is 0 Å². The molecule has 4 N–H and O–H groups in total. The second-order valence-corrected chi connectivity index (χ2v) is 7.95. The van der Waals surface area contributed by atoms with Crippen LogP contribution in [0.25, 0.3) is 28.3 Å². The Bertz CT molecular complexity index is 1390. The van der Waals surface area contributed by atoms with Crippen molar-refractivity contribution in [2.45, 2.75) is 13.5 Å². The fourth-order valence-corrected chi connectivity index (χ4v) is 3.89. The molecule has 31 heavy (non-hydrogen) atoms. The van der Waals surface area contributed by atoms with Gasteiger partial charge in [-0.2, -0.15) is 0 Å². The van der Waals surface area contributed by atoms with Crippen LogP contribution in [0, 0.1) is 6.92 Å². The Labute approximate surface area is 181 Å². The maximum atomic E-state index is 12.9. The van der Waals surface area contributed by atoms with Gasteiger partial charge in [-0.25, -0.2) is 19.9 Å². The van der Waals surface area contributed by atoms with Gasteiger partial charge in [-0.1, -0.05) is 0 Å². The van der Waals surface area contributed by atoms with Crippen LogP contribution in [0.1, 0.15) is 21.1 Å². The molecule has 154 valence electrons. The Balaban J connectivity index is 1.57. The van der Waals surface area contributed by atoms with Crippen molar-refractivity contribution in [1.29, 1.82) is 0 Å². The third kappa shape index (κ3) is 3.53. The lowest BCUT2D eigenvalue weighted by molar-refractivity contribution is 0.0946. The predicted molar refractivity (Wildman–Crippen MR) is 118 cm³/mol. The summed E-state index contributed by atoms with van der Waals surface area (Å²) < 4.78 is 1.89. The Morgan fingerprint density at radius 3 is 2.90 bits per heavy atom. The van der Waals surface area contributed by atoms with Gasteiger partial charge < -0.3 is 20.4 Å². The molecular formula is C21H18N8OS. The number of aryl methyl sites for hydroxylation is 1. The lowest BCUT2D eigenvalue weighted by Gasteiger charge is -2.12. The Kier molecular flexibility index (Phi) is 4.68. The number of anilines is 1. The van der Waals surface area contributed by atoms with Crippen LogP contribution in [-0.2, 0) is 6.54 Å². The molecule has 0 saturated heterocycles. The first-order valence-corrected chi connectivity index (χ1v) is 10.4. The fraction of sp³-hybridized carbons (Fsp3) is 0.0952. The SMILES string of the molecule is Cc1scnc1CNC(=O)c1nc(-c2ccc3nccn3c2)c(-c2ccc[nH]2)nc1N. The number of hydrogen-bond acceptors (Lipinski definition) is 7. The average molecular weight is 430 g/mol. The quantitative estimate of drug-likeness (QED) is 0.393. The number of nitrogens with one attached hydrogen (secondary N) is 2. The number of nitrogens with two attached hydrogens (primary N) is 1. The van der Waals surface area contributed by atoms with E-state index in [1.54, 1.807) is 17.9 Å². The van der Waals surface area contributed by atoms with Crippen molar-refractivity contribution >= 4 is 28.7 Å². The summed E-state index contributed by atoms with van der Waals surface area (Å²) in [5, 5.41) is 2.84. The highest BCUT2D eigenvalue weighted by Gasteiger charge is 2.21. The van der Waals surface area contributed by atoms with Crippen LogP contribution >= 0.6 is 11.3 Å². The maximum absolute atomic E-state index is 12.9. The van der Waals surface area contributed by atoms with E-state index in [1.807, 2.05) is 48.0 Å². The number of amides is 1. The van der Waals surface area contributed by atoms with Crippen LogP contribution < -0.4 is 11.1 Å². The molecule has 0 atom stereocenters. The molecule has 5 aromatic heterocycles. The number of hydrogen-bond donors (Lipinski definition) is 3. The zero-order valence-corrected chi connectivity index (χ0v) is 17.3. The normalized spacial score (nSPS) is 11.1. The van der Waals surface area contributed by atoms with E-state index in [9.17, 15) is 4.79 Å². The van der Waals surface area contributed by atoms with E-state index in [-0.39, 0.29) is 11.5 Å². The number of aromatic nitrogens is 6. The van der Waals surface area contributed by atoms with Gasteiger partial charge in [0.25, 0.3) is 5.91 Å². The number of rotatable bonds is 5. The van der Waals surface area contributed by atoms with E-state index in [4.69, 9.17) is 5.73 Å². The second-order valence-electron chi connectivity index (χ2n) is 6.89. The van der Waals surface area contributed by atoms with Gasteiger partial charge in [-0.05, 0) is 31.2 Å². The molecule has 9 nitrogen and oxygen atoms in total. The summed E-state index contributed by atoms with van der Waals surface area (Å²) in [5.74, 6) is -0.343. The first-order chi connectivity index (χ1) is 15.1. The topological polar surface area (TPSA) is 127 Å². The molecule has 0 aromatic carbocycles. The molecule has 0 aliphatic carbocycles. The standard InChI is InChI=1S/C21H18N8OS/c1-12-15(26-11-31-12)9-25-21(30)19-20(22)28-18(14-3-2-6-23-14)17(27-19)13-4-5-16-24-7-8-29(16)10-13/h2-8,10-11,23H,9H2,1H3,(H2,22,28)(H,25,30). The summed E-state index contributed by atoms with van der Waals surface area (Å²) in [5.41, 5.74) is 12.2. The number of pyridine rings is 1. The molecule has 0 aliphatic heterocycles. The smallest absolute Gasteiger partial charge is 0.274 e. The van der Waals surface area contributed by atoms with Crippen LogP contribution in [0.5, 0.6) is 0 Å². The van der Waals surface area contributed by atoms with E-state index < -0.39 is 5.91 Å². The van der Waals surface area contributed by atoms with Crippen molar-refractivity contribution in [2.24, 2.45) is 0 Å². The van der Waals surface area contributed by atoms with Gasteiger partial charge in [0.1, 0.15) is 17.0 Å². The monoisotopic (exact) mass is 430 g/mol. The number of H-pyrrole nitrogens is 1. The number of carbonyl (C=O) groups is 1. The molecular weight excluding hydrogens is 412 g/mol. The van der Waals surface area contributed by atoms with E-state index >= 15 is 0 Å². The van der Waals surface area contributed by atoms with Gasteiger partial charge in [0.15, 0.2) is 11.5 Å². The Morgan fingerprint density at radius 1 is 1.23 bits per heavy atom.